The highest BCUT2D eigenvalue weighted by Gasteiger charge is 2.06. The van der Waals surface area contributed by atoms with Crippen LogP contribution in [0.4, 0.5) is 0 Å². The largest absolute Gasteiger partial charge is 0.285 e. The van der Waals surface area contributed by atoms with E-state index in [1.54, 1.807) is 0 Å². The lowest BCUT2D eigenvalue weighted by Gasteiger charge is -2.10. The van der Waals surface area contributed by atoms with Crippen LogP contribution in [0.25, 0.3) is 21.5 Å². The fourth-order valence-corrected chi connectivity index (χ4v) is 3.18. The molecule has 0 aliphatic rings. The molecule has 1 nitrogen and oxygen atoms in total. The Labute approximate surface area is 142 Å². The third-order valence-corrected chi connectivity index (χ3v) is 4.49. The lowest BCUT2D eigenvalue weighted by molar-refractivity contribution is 0.834. The van der Waals surface area contributed by atoms with Crippen molar-refractivity contribution < 1.29 is 0 Å². The van der Waals surface area contributed by atoms with E-state index in [0.717, 1.165) is 5.56 Å². The monoisotopic (exact) mass is 309 g/mol. The summed E-state index contributed by atoms with van der Waals surface area (Å²) in [4.78, 5) is 4.80. The lowest BCUT2D eigenvalue weighted by Crippen LogP contribution is -1.93. The van der Waals surface area contributed by atoms with Crippen LogP contribution in [0.3, 0.4) is 0 Å². The van der Waals surface area contributed by atoms with Crippen LogP contribution in [-0.4, -0.2) is 6.21 Å². The zero-order valence-electron chi connectivity index (χ0n) is 13.7. The van der Waals surface area contributed by atoms with Crippen molar-refractivity contribution in [3.8, 4) is 0 Å². The Bertz CT molecular complexity index is 1020. The molecule has 0 aromatic heterocycles. The molecular formula is C23H19N. The molecule has 0 N–H and O–H groups in total. The number of nitrogens with zero attached hydrogens (tertiary/aromatic N) is 1. The zero-order valence-corrected chi connectivity index (χ0v) is 13.7. The normalized spacial score (nSPS) is 12.9. The molecule has 0 radical (unpaired) electrons. The molecule has 0 aliphatic carbocycles. The third kappa shape index (κ3) is 2.81. The Kier molecular flexibility index (Phi) is 3.84. The van der Waals surface area contributed by atoms with Gasteiger partial charge in [-0.15, -0.1) is 0 Å². The molecule has 4 aromatic carbocycles. The van der Waals surface area contributed by atoms with Crippen molar-refractivity contribution in [2.45, 2.75) is 13.0 Å². The van der Waals surface area contributed by atoms with Gasteiger partial charge in [-0.05, 0) is 45.7 Å². The third-order valence-electron chi connectivity index (χ3n) is 4.49. The summed E-state index contributed by atoms with van der Waals surface area (Å²) in [5, 5.41) is 5.06. The van der Waals surface area contributed by atoms with Crippen LogP contribution in [0.15, 0.2) is 89.9 Å². The van der Waals surface area contributed by atoms with E-state index in [4.69, 9.17) is 4.99 Å². The molecule has 4 rings (SSSR count). The number of aliphatic imine (C=N–C) groups is 1. The summed E-state index contributed by atoms with van der Waals surface area (Å²) >= 11 is 0. The molecule has 1 heteroatoms. The first-order valence-corrected chi connectivity index (χ1v) is 8.31. The topological polar surface area (TPSA) is 12.4 Å². The van der Waals surface area contributed by atoms with E-state index < -0.39 is 0 Å². The second-order valence-electron chi connectivity index (χ2n) is 6.13. The minimum atomic E-state index is 0.127. The molecular weight excluding hydrogens is 290 g/mol. The highest BCUT2D eigenvalue weighted by Crippen LogP contribution is 2.26. The maximum absolute atomic E-state index is 4.80. The Morgan fingerprint density at radius 3 is 2.29 bits per heavy atom. The highest BCUT2D eigenvalue weighted by molar-refractivity contribution is 5.91. The van der Waals surface area contributed by atoms with Gasteiger partial charge in [0.25, 0.3) is 0 Å². The Hall–Kier alpha value is -2.93. The van der Waals surface area contributed by atoms with E-state index in [1.807, 2.05) is 6.21 Å². The highest BCUT2D eigenvalue weighted by atomic mass is 14.8. The molecule has 116 valence electrons. The van der Waals surface area contributed by atoms with E-state index >= 15 is 0 Å². The fourth-order valence-electron chi connectivity index (χ4n) is 3.18. The number of benzene rings is 4. The van der Waals surface area contributed by atoms with Crippen LogP contribution >= 0.6 is 0 Å². The predicted molar refractivity (Wildman–Crippen MR) is 104 cm³/mol. The van der Waals surface area contributed by atoms with Gasteiger partial charge in [0.15, 0.2) is 0 Å². The van der Waals surface area contributed by atoms with E-state index in [9.17, 15) is 0 Å². The molecule has 0 unspecified atom stereocenters. The Morgan fingerprint density at radius 1 is 0.708 bits per heavy atom. The van der Waals surface area contributed by atoms with Gasteiger partial charge in [-0.25, -0.2) is 0 Å². The Morgan fingerprint density at radius 2 is 1.42 bits per heavy atom. The summed E-state index contributed by atoms with van der Waals surface area (Å²) in [5.41, 5.74) is 2.41. The molecule has 0 fully saturated rings. The van der Waals surface area contributed by atoms with E-state index in [-0.39, 0.29) is 6.04 Å². The van der Waals surface area contributed by atoms with Crippen molar-refractivity contribution in [2.75, 3.05) is 0 Å². The van der Waals surface area contributed by atoms with Gasteiger partial charge >= 0.3 is 0 Å². The lowest BCUT2D eigenvalue weighted by atomic mass is 10.00. The average molecular weight is 309 g/mol. The first kappa shape index (κ1) is 14.6. The average Bonchev–Trinajstić information content (AvgIpc) is 2.65. The minimum Gasteiger partial charge on any atom is -0.285 e. The number of fused-ring (bicyclic) bond motifs is 2. The molecule has 0 saturated carbocycles. The molecule has 0 heterocycles. The van der Waals surface area contributed by atoms with Gasteiger partial charge in [0, 0.05) is 6.21 Å². The van der Waals surface area contributed by atoms with Crippen molar-refractivity contribution in [1.29, 1.82) is 0 Å². The second-order valence-corrected chi connectivity index (χ2v) is 6.13. The molecule has 0 bridgehead atoms. The van der Waals surface area contributed by atoms with Crippen molar-refractivity contribution >= 4 is 27.8 Å². The molecule has 0 amide bonds. The smallest absolute Gasteiger partial charge is 0.0727 e. The second kappa shape index (κ2) is 6.29. The number of rotatable bonds is 3. The van der Waals surface area contributed by atoms with Crippen molar-refractivity contribution in [2.24, 2.45) is 4.99 Å². The minimum absolute atomic E-state index is 0.127. The summed E-state index contributed by atoms with van der Waals surface area (Å²) in [7, 11) is 0. The standard InChI is InChI=1S/C23H19N/c1-17(22-12-6-10-20-8-4-5-11-23(20)22)24-16-18-13-14-19-7-2-3-9-21(19)15-18/h2-17H,1H3/t17-/m0/s1. The van der Waals surface area contributed by atoms with E-state index in [2.05, 4.69) is 91.9 Å². The number of hydrogen-bond donors (Lipinski definition) is 0. The van der Waals surface area contributed by atoms with Gasteiger partial charge in [0.2, 0.25) is 0 Å². The van der Waals surface area contributed by atoms with E-state index in [1.165, 1.54) is 27.1 Å². The molecule has 24 heavy (non-hydrogen) atoms. The van der Waals surface area contributed by atoms with Gasteiger partial charge in [-0.1, -0.05) is 78.9 Å². The summed E-state index contributed by atoms with van der Waals surface area (Å²) in [6, 6.07) is 29.9. The molecule has 4 aromatic rings. The fraction of sp³-hybridized carbons (Fsp3) is 0.0870. The van der Waals surface area contributed by atoms with Gasteiger partial charge in [0.1, 0.15) is 0 Å². The van der Waals surface area contributed by atoms with Crippen LogP contribution in [0.5, 0.6) is 0 Å². The Balaban J connectivity index is 1.66. The summed E-state index contributed by atoms with van der Waals surface area (Å²) in [6.45, 7) is 2.15. The first-order valence-electron chi connectivity index (χ1n) is 8.31. The van der Waals surface area contributed by atoms with Gasteiger partial charge < -0.3 is 0 Å². The maximum Gasteiger partial charge on any atom is 0.0727 e. The van der Waals surface area contributed by atoms with Crippen LogP contribution < -0.4 is 0 Å². The molecule has 0 aliphatic heterocycles. The maximum atomic E-state index is 4.80. The van der Waals surface area contributed by atoms with Crippen LogP contribution in [0.2, 0.25) is 0 Å². The summed E-state index contributed by atoms with van der Waals surface area (Å²) in [5.74, 6) is 0. The molecule has 0 saturated heterocycles. The quantitative estimate of drug-likeness (QED) is 0.401. The van der Waals surface area contributed by atoms with Gasteiger partial charge in [-0.2, -0.15) is 0 Å². The molecule has 0 spiro atoms. The summed E-state index contributed by atoms with van der Waals surface area (Å²) < 4.78 is 0. The SMILES string of the molecule is C[C@H](N=Cc1ccc2ccccc2c1)c1cccc2ccccc12. The van der Waals surface area contributed by atoms with Gasteiger partial charge in [0.05, 0.1) is 6.04 Å². The van der Waals surface area contributed by atoms with Crippen molar-refractivity contribution in [3.05, 3.63) is 96.1 Å². The van der Waals surface area contributed by atoms with Crippen LogP contribution in [-0.2, 0) is 0 Å². The van der Waals surface area contributed by atoms with Crippen molar-refractivity contribution in [3.63, 3.8) is 0 Å². The molecule has 1 atom stereocenters. The van der Waals surface area contributed by atoms with Gasteiger partial charge in [-0.3, -0.25) is 4.99 Å². The zero-order chi connectivity index (χ0) is 16.4. The van der Waals surface area contributed by atoms with Crippen LogP contribution in [0, 0.1) is 0 Å². The van der Waals surface area contributed by atoms with Crippen molar-refractivity contribution in [1.82, 2.24) is 0 Å². The van der Waals surface area contributed by atoms with Crippen LogP contribution in [0.1, 0.15) is 24.1 Å². The summed E-state index contributed by atoms with van der Waals surface area (Å²) in [6.07, 6.45) is 1.98. The number of hydrogen-bond acceptors (Lipinski definition) is 1. The predicted octanol–water partition coefficient (Wildman–Crippen LogP) is 6.17. The first-order chi connectivity index (χ1) is 11.8. The van der Waals surface area contributed by atoms with E-state index in [0.29, 0.717) is 0 Å².